The van der Waals surface area contributed by atoms with Crippen LogP contribution in [0.1, 0.15) is 6.92 Å². The molecule has 0 aliphatic carbocycles. The number of hydrogen-bond donors (Lipinski definition) is 3. The topological polar surface area (TPSA) is 91.3 Å². The molecule has 6 nitrogen and oxygen atoms in total. The van der Waals surface area contributed by atoms with Gasteiger partial charge in [0.1, 0.15) is 11.6 Å². The Morgan fingerprint density at radius 1 is 1.30 bits per heavy atom. The second kappa shape index (κ2) is 6.06. The summed E-state index contributed by atoms with van der Waals surface area (Å²) in [4.78, 5) is 4.18. The van der Waals surface area contributed by atoms with E-state index in [1.165, 1.54) is 0 Å². The van der Waals surface area contributed by atoms with E-state index in [9.17, 15) is 13.5 Å². The number of pyridine rings is 1. The Morgan fingerprint density at radius 3 is 2.85 bits per heavy atom. The smallest absolute Gasteiger partial charge is 0.213 e. The summed E-state index contributed by atoms with van der Waals surface area (Å²) in [5, 5.41) is 14.2. The van der Waals surface area contributed by atoms with E-state index in [0.717, 1.165) is 10.8 Å². The molecule has 1 aromatic heterocycles. The molecule has 1 aromatic carbocycles. The molecule has 0 radical (unpaired) electrons. The molecule has 0 bridgehead atoms. The van der Waals surface area contributed by atoms with Gasteiger partial charge in [-0.3, -0.25) is 0 Å². The average molecular weight is 295 g/mol. The summed E-state index contributed by atoms with van der Waals surface area (Å²) in [5.74, 6) is 0.677. The number of sulfonamides is 1. The Bertz CT molecular complexity index is 701. The van der Waals surface area contributed by atoms with E-state index in [2.05, 4.69) is 15.0 Å². The fraction of sp³-hybridized carbons (Fsp3) is 0.308. The highest BCUT2D eigenvalue weighted by Crippen LogP contribution is 2.24. The molecule has 3 N–H and O–H groups in total. The molecule has 2 rings (SSSR count). The normalized spacial score (nSPS) is 11.7. The van der Waals surface area contributed by atoms with Gasteiger partial charge in [0.25, 0.3) is 0 Å². The molecular weight excluding hydrogens is 278 g/mol. The molecule has 0 fully saturated rings. The Hall–Kier alpha value is -1.86. The second-order valence-corrected chi connectivity index (χ2v) is 6.23. The van der Waals surface area contributed by atoms with Crippen LogP contribution in [0.4, 0.5) is 5.82 Å². The zero-order chi connectivity index (χ0) is 14.6. The summed E-state index contributed by atoms with van der Waals surface area (Å²) in [6.07, 6.45) is 1.64. The standard InChI is InChI=1S/C13H17N3O3S/c1-2-16-20(18,19)8-7-15-13-12-9-11(17)4-3-10(12)5-6-14-13/h3-6,9,16-17H,2,7-8H2,1H3,(H,14,15). The van der Waals surface area contributed by atoms with Crippen LogP contribution >= 0.6 is 0 Å². The van der Waals surface area contributed by atoms with Gasteiger partial charge in [0.15, 0.2) is 0 Å². The highest BCUT2D eigenvalue weighted by molar-refractivity contribution is 7.89. The summed E-state index contributed by atoms with van der Waals surface area (Å²) in [7, 11) is -3.25. The van der Waals surface area contributed by atoms with E-state index in [4.69, 9.17) is 0 Å². The first-order valence-electron chi connectivity index (χ1n) is 6.31. The van der Waals surface area contributed by atoms with Crippen LogP contribution in [0.2, 0.25) is 0 Å². The number of benzene rings is 1. The third-order valence-electron chi connectivity index (χ3n) is 2.78. The van der Waals surface area contributed by atoms with Gasteiger partial charge < -0.3 is 10.4 Å². The highest BCUT2D eigenvalue weighted by Gasteiger charge is 2.09. The lowest BCUT2D eigenvalue weighted by molar-refractivity contribution is 0.476. The molecule has 0 aliphatic rings. The predicted molar refractivity (Wildman–Crippen MR) is 79.4 cm³/mol. The molecule has 20 heavy (non-hydrogen) atoms. The first kappa shape index (κ1) is 14.5. The third-order valence-corrected chi connectivity index (χ3v) is 4.25. The van der Waals surface area contributed by atoms with Crippen molar-refractivity contribution in [3.63, 3.8) is 0 Å². The maximum Gasteiger partial charge on any atom is 0.213 e. The number of phenolic OH excluding ortho intramolecular Hbond substituents is 1. The van der Waals surface area contributed by atoms with Crippen LogP contribution in [0.3, 0.4) is 0 Å². The third kappa shape index (κ3) is 3.58. The number of nitrogens with one attached hydrogen (secondary N) is 2. The zero-order valence-corrected chi connectivity index (χ0v) is 11.9. The Balaban J connectivity index is 2.12. The van der Waals surface area contributed by atoms with Crippen molar-refractivity contribution < 1.29 is 13.5 Å². The molecule has 1 heterocycles. The fourth-order valence-electron chi connectivity index (χ4n) is 1.89. The lowest BCUT2D eigenvalue weighted by atomic mass is 10.1. The van der Waals surface area contributed by atoms with Crippen molar-refractivity contribution in [3.8, 4) is 5.75 Å². The van der Waals surface area contributed by atoms with Gasteiger partial charge in [0, 0.05) is 24.7 Å². The minimum Gasteiger partial charge on any atom is -0.508 e. The van der Waals surface area contributed by atoms with E-state index in [-0.39, 0.29) is 18.0 Å². The van der Waals surface area contributed by atoms with Crippen molar-refractivity contribution in [2.24, 2.45) is 0 Å². The maximum absolute atomic E-state index is 11.5. The average Bonchev–Trinajstić information content (AvgIpc) is 2.39. The van der Waals surface area contributed by atoms with E-state index in [1.807, 2.05) is 6.07 Å². The van der Waals surface area contributed by atoms with Gasteiger partial charge in [0.05, 0.1) is 5.75 Å². The first-order valence-corrected chi connectivity index (χ1v) is 7.96. The summed E-state index contributed by atoms with van der Waals surface area (Å²) in [6.45, 7) is 2.36. The first-order chi connectivity index (χ1) is 9.52. The molecule has 0 atom stereocenters. The lowest BCUT2D eigenvalue weighted by Crippen LogP contribution is -2.29. The molecule has 0 amide bonds. The van der Waals surface area contributed by atoms with Gasteiger partial charge in [-0.1, -0.05) is 13.0 Å². The summed E-state index contributed by atoms with van der Waals surface area (Å²) in [6, 6.07) is 6.81. The van der Waals surface area contributed by atoms with Gasteiger partial charge in [-0.25, -0.2) is 18.1 Å². The largest absolute Gasteiger partial charge is 0.508 e. The number of aromatic nitrogens is 1. The van der Waals surface area contributed by atoms with E-state index < -0.39 is 10.0 Å². The Morgan fingerprint density at radius 2 is 2.10 bits per heavy atom. The monoisotopic (exact) mass is 295 g/mol. The molecule has 2 aromatic rings. The van der Waals surface area contributed by atoms with Crippen LogP contribution in [-0.4, -0.2) is 37.4 Å². The predicted octanol–water partition coefficient (Wildman–Crippen LogP) is 1.29. The van der Waals surface area contributed by atoms with Crippen molar-refractivity contribution in [2.45, 2.75) is 6.92 Å². The summed E-state index contributed by atoms with van der Waals surface area (Å²) < 4.78 is 25.5. The molecule has 0 saturated heterocycles. The number of anilines is 1. The molecule has 7 heteroatoms. The van der Waals surface area contributed by atoms with Crippen LogP contribution in [0.25, 0.3) is 10.8 Å². The van der Waals surface area contributed by atoms with Gasteiger partial charge >= 0.3 is 0 Å². The van der Waals surface area contributed by atoms with Crippen molar-refractivity contribution in [2.75, 3.05) is 24.2 Å². The maximum atomic E-state index is 11.5. The van der Waals surface area contributed by atoms with Crippen molar-refractivity contribution in [1.29, 1.82) is 0 Å². The van der Waals surface area contributed by atoms with E-state index >= 15 is 0 Å². The number of hydrogen-bond acceptors (Lipinski definition) is 5. The second-order valence-electron chi connectivity index (χ2n) is 4.31. The molecule has 108 valence electrons. The molecular formula is C13H17N3O3S. The van der Waals surface area contributed by atoms with Gasteiger partial charge in [-0.15, -0.1) is 0 Å². The fourth-order valence-corrected chi connectivity index (χ4v) is 2.85. The number of aromatic hydroxyl groups is 1. The van der Waals surface area contributed by atoms with Crippen LogP contribution in [0.15, 0.2) is 30.5 Å². The number of fused-ring (bicyclic) bond motifs is 1. The van der Waals surface area contributed by atoms with Crippen LogP contribution in [-0.2, 0) is 10.0 Å². The van der Waals surface area contributed by atoms with Crippen LogP contribution in [0, 0.1) is 0 Å². The van der Waals surface area contributed by atoms with Crippen molar-refractivity contribution in [1.82, 2.24) is 9.71 Å². The minimum absolute atomic E-state index is 0.0300. The number of phenols is 1. The van der Waals surface area contributed by atoms with Crippen LogP contribution < -0.4 is 10.0 Å². The molecule has 0 saturated carbocycles. The zero-order valence-electron chi connectivity index (χ0n) is 11.1. The molecule has 0 aliphatic heterocycles. The van der Waals surface area contributed by atoms with Gasteiger partial charge in [-0.05, 0) is 23.6 Å². The van der Waals surface area contributed by atoms with E-state index in [0.29, 0.717) is 12.4 Å². The van der Waals surface area contributed by atoms with E-state index in [1.54, 1.807) is 31.3 Å². The Labute approximate surface area is 117 Å². The summed E-state index contributed by atoms with van der Waals surface area (Å²) in [5.41, 5.74) is 0. The number of nitrogens with zero attached hydrogens (tertiary/aromatic N) is 1. The van der Waals surface area contributed by atoms with Gasteiger partial charge in [-0.2, -0.15) is 0 Å². The van der Waals surface area contributed by atoms with Crippen molar-refractivity contribution >= 4 is 26.6 Å². The molecule has 0 spiro atoms. The lowest BCUT2D eigenvalue weighted by Gasteiger charge is -2.09. The SMILES string of the molecule is CCNS(=O)(=O)CCNc1nccc2ccc(O)cc12. The van der Waals surface area contributed by atoms with Crippen LogP contribution in [0.5, 0.6) is 5.75 Å². The summed E-state index contributed by atoms with van der Waals surface area (Å²) >= 11 is 0. The quantitative estimate of drug-likeness (QED) is 0.747. The number of rotatable bonds is 6. The molecule has 0 unspecified atom stereocenters. The Kier molecular flexibility index (Phi) is 4.41. The van der Waals surface area contributed by atoms with Gasteiger partial charge in [0.2, 0.25) is 10.0 Å². The van der Waals surface area contributed by atoms with Crippen molar-refractivity contribution in [3.05, 3.63) is 30.5 Å². The minimum atomic E-state index is -3.25. The highest BCUT2D eigenvalue weighted by atomic mass is 32.2.